The summed E-state index contributed by atoms with van der Waals surface area (Å²) in [5.74, 6) is -0.720. The molecule has 0 spiro atoms. The molecule has 1 heterocycles. The Hall–Kier alpha value is -1.96. The van der Waals surface area contributed by atoms with E-state index in [1.807, 2.05) is 36.4 Å². The molecule has 0 fully saturated rings. The summed E-state index contributed by atoms with van der Waals surface area (Å²) in [6.45, 7) is 0.574. The Morgan fingerprint density at radius 1 is 1.15 bits per heavy atom. The average Bonchev–Trinajstić information content (AvgIpc) is 3.12. The third-order valence-electron chi connectivity index (χ3n) is 3.57. The summed E-state index contributed by atoms with van der Waals surface area (Å²) in [6, 6.07) is 12.1. The van der Waals surface area contributed by atoms with Gasteiger partial charge in [0.2, 0.25) is 5.91 Å². The summed E-state index contributed by atoms with van der Waals surface area (Å²) in [4.78, 5) is 27.3. The Kier molecular flexibility index (Phi) is 8.03. The molecule has 2 aromatic rings. The minimum atomic E-state index is -0.462. The number of ether oxygens (including phenoxy) is 2. The van der Waals surface area contributed by atoms with Gasteiger partial charge in [0.25, 0.3) is 0 Å². The SMILES string of the molecule is COCCN(CC(=O)OC)C(=O)/C=C/c1ccc(-c2ccc(Br)cc2)s1. The molecule has 0 bridgehead atoms. The summed E-state index contributed by atoms with van der Waals surface area (Å²) < 4.78 is 10.7. The van der Waals surface area contributed by atoms with Gasteiger partial charge in [-0.3, -0.25) is 9.59 Å². The van der Waals surface area contributed by atoms with Crippen molar-refractivity contribution in [2.45, 2.75) is 0 Å². The van der Waals surface area contributed by atoms with Gasteiger partial charge in [0.1, 0.15) is 6.54 Å². The first kappa shape index (κ1) is 20.4. The molecule has 0 saturated carbocycles. The molecule has 5 nitrogen and oxygen atoms in total. The van der Waals surface area contributed by atoms with Crippen molar-refractivity contribution in [1.29, 1.82) is 0 Å². The topological polar surface area (TPSA) is 55.8 Å². The molecule has 0 atom stereocenters. The van der Waals surface area contributed by atoms with E-state index in [4.69, 9.17) is 4.74 Å². The van der Waals surface area contributed by atoms with Crippen LogP contribution in [0, 0.1) is 0 Å². The van der Waals surface area contributed by atoms with E-state index in [2.05, 4.69) is 20.7 Å². The lowest BCUT2D eigenvalue weighted by Crippen LogP contribution is -2.37. The predicted octanol–water partition coefficient (Wildman–Crippen LogP) is 3.84. The van der Waals surface area contributed by atoms with Gasteiger partial charge in [-0.1, -0.05) is 28.1 Å². The first-order valence-corrected chi connectivity index (χ1v) is 9.53. The Bertz CT molecular complexity index is 770. The number of amides is 1. The summed E-state index contributed by atoms with van der Waals surface area (Å²) >= 11 is 5.02. The van der Waals surface area contributed by atoms with Crippen molar-refractivity contribution in [3.05, 3.63) is 51.8 Å². The Morgan fingerprint density at radius 3 is 2.54 bits per heavy atom. The van der Waals surface area contributed by atoms with Gasteiger partial charge in [0.05, 0.1) is 13.7 Å². The second-order valence-corrected chi connectivity index (χ2v) is 7.40. The van der Waals surface area contributed by atoms with Crippen LogP contribution in [0.5, 0.6) is 0 Å². The Balaban J connectivity index is 2.05. The number of hydrogen-bond donors (Lipinski definition) is 0. The van der Waals surface area contributed by atoms with E-state index in [1.54, 1.807) is 24.5 Å². The van der Waals surface area contributed by atoms with Crippen molar-refractivity contribution in [3.63, 3.8) is 0 Å². The maximum atomic E-state index is 12.4. The maximum absolute atomic E-state index is 12.4. The number of halogens is 1. The van der Waals surface area contributed by atoms with Gasteiger partial charge >= 0.3 is 5.97 Å². The molecule has 7 heteroatoms. The molecular weight excluding hydrogens is 418 g/mol. The zero-order valence-corrected chi connectivity index (χ0v) is 17.0. The number of carbonyl (C=O) groups excluding carboxylic acids is 2. The number of rotatable bonds is 8. The van der Waals surface area contributed by atoms with Crippen LogP contribution in [-0.4, -0.2) is 50.7 Å². The average molecular weight is 438 g/mol. The third-order valence-corrected chi connectivity index (χ3v) is 5.20. The fourth-order valence-electron chi connectivity index (χ4n) is 2.16. The van der Waals surface area contributed by atoms with Crippen LogP contribution in [0.15, 0.2) is 46.9 Å². The number of hydrogen-bond acceptors (Lipinski definition) is 5. The van der Waals surface area contributed by atoms with Crippen LogP contribution >= 0.6 is 27.3 Å². The second-order valence-electron chi connectivity index (χ2n) is 5.37. The normalized spacial score (nSPS) is 10.9. The quantitative estimate of drug-likeness (QED) is 0.464. The fourth-order valence-corrected chi connectivity index (χ4v) is 3.34. The number of nitrogens with zero attached hydrogens (tertiary/aromatic N) is 1. The van der Waals surface area contributed by atoms with Gasteiger partial charge in [-0.05, 0) is 35.9 Å². The molecule has 0 aliphatic carbocycles. The zero-order valence-electron chi connectivity index (χ0n) is 14.6. The van der Waals surface area contributed by atoms with Crippen molar-refractivity contribution in [3.8, 4) is 10.4 Å². The maximum Gasteiger partial charge on any atom is 0.325 e. The molecule has 0 N–H and O–H groups in total. The van der Waals surface area contributed by atoms with Gasteiger partial charge in [-0.25, -0.2) is 0 Å². The van der Waals surface area contributed by atoms with Gasteiger partial charge in [-0.15, -0.1) is 11.3 Å². The van der Waals surface area contributed by atoms with Crippen LogP contribution in [-0.2, 0) is 19.1 Å². The highest BCUT2D eigenvalue weighted by Crippen LogP contribution is 2.29. The number of thiophene rings is 1. The second kappa shape index (κ2) is 10.3. The summed E-state index contributed by atoms with van der Waals surface area (Å²) in [7, 11) is 2.85. The van der Waals surface area contributed by atoms with Crippen LogP contribution in [0.4, 0.5) is 0 Å². The van der Waals surface area contributed by atoms with Gasteiger partial charge < -0.3 is 14.4 Å². The third kappa shape index (κ3) is 6.09. The zero-order chi connectivity index (χ0) is 18.9. The first-order chi connectivity index (χ1) is 12.5. The van der Waals surface area contributed by atoms with Crippen molar-refractivity contribution in [2.75, 3.05) is 33.9 Å². The molecule has 0 unspecified atom stereocenters. The van der Waals surface area contributed by atoms with E-state index in [0.29, 0.717) is 13.2 Å². The lowest BCUT2D eigenvalue weighted by atomic mass is 10.2. The summed E-state index contributed by atoms with van der Waals surface area (Å²) in [6.07, 6.45) is 3.22. The molecule has 1 amide bonds. The summed E-state index contributed by atoms with van der Waals surface area (Å²) in [5.41, 5.74) is 1.12. The minimum Gasteiger partial charge on any atom is -0.468 e. The van der Waals surface area contributed by atoms with E-state index in [0.717, 1.165) is 19.8 Å². The smallest absolute Gasteiger partial charge is 0.325 e. The first-order valence-electron chi connectivity index (χ1n) is 7.92. The minimum absolute atomic E-state index is 0.0996. The molecule has 0 saturated heterocycles. The van der Waals surface area contributed by atoms with Crippen molar-refractivity contribution >= 4 is 45.2 Å². The van der Waals surface area contributed by atoms with Crippen molar-refractivity contribution in [2.24, 2.45) is 0 Å². The van der Waals surface area contributed by atoms with Crippen LogP contribution in [0.2, 0.25) is 0 Å². The highest BCUT2D eigenvalue weighted by atomic mass is 79.9. The molecule has 1 aromatic carbocycles. The van der Waals surface area contributed by atoms with Crippen LogP contribution < -0.4 is 0 Å². The highest BCUT2D eigenvalue weighted by molar-refractivity contribution is 9.10. The van der Waals surface area contributed by atoms with E-state index >= 15 is 0 Å². The lowest BCUT2D eigenvalue weighted by molar-refractivity contribution is -0.145. The molecule has 0 aliphatic heterocycles. The number of benzene rings is 1. The number of carbonyl (C=O) groups is 2. The monoisotopic (exact) mass is 437 g/mol. The van der Waals surface area contributed by atoms with Gasteiger partial charge in [-0.2, -0.15) is 0 Å². The number of esters is 1. The molecular formula is C19H20BrNO4S. The molecule has 1 aromatic heterocycles. The highest BCUT2D eigenvalue weighted by Gasteiger charge is 2.15. The van der Waals surface area contributed by atoms with Crippen molar-refractivity contribution in [1.82, 2.24) is 4.90 Å². The Labute approximate surface area is 165 Å². The van der Waals surface area contributed by atoms with E-state index < -0.39 is 5.97 Å². The summed E-state index contributed by atoms with van der Waals surface area (Å²) in [5, 5.41) is 0. The van der Waals surface area contributed by atoms with E-state index in [9.17, 15) is 9.59 Å². The van der Waals surface area contributed by atoms with Gasteiger partial charge in [0, 0.05) is 34.0 Å². The predicted molar refractivity (Wildman–Crippen MR) is 107 cm³/mol. The van der Waals surface area contributed by atoms with Crippen LogP contribution in [0.1, 0.15) is 4.88 Å². The number of methoxy groups -OCH3 is 2. The molecule has 2 rings (SSSR count). The van der Waals surface area contributed by atoms with Crippen LogP contribution in [0.3, 0.4) is 0 Å². The molecule has 138 valence electrons. The molecule has 26 heavy (non-hydrogen) atoms. The lowest BCUT2D eigenvalue weighted by Gasteiger charge is -2.19. The van der Waals surface area contributed by atoms with Gasteiger partial charge in [0.15, 0.2) is 0 Å². The molecule has 0 aliphatic rings. The fraction of sp³-hybridized carbons (Fsp3) is 0.263. The van der Waals surface area contributed by atoms with E-state index in [-0.39, 0.29) is 12.5 Å². The largest absolute Gasteiger partial charge is 0.468 e. The standard InChI is InChI=1S/C19H20BrNO4S/c1-24-12-11-21(13-19(23)25-2)18(22)10-8-16-7-9-17(26-16)14-3-5-15(20)6-4-14/h3-10H,11-13H2,1-2H3/b10-8+. The van der Waals surface area contributed by atoms with E-state index in [1.165, 1.54) is 18.1 Å². The Morgan fingerprint density at radius 2 is 1.88 bits per heavy atom. The van der Waals surface area contributed by atoms with Crippen molar-refractivity contribution < 1.29 is 19.1 Å². The molecule has 0 radical (unpaired) electrons. The van der Waals surface area contributed by atoms with Crippen LogP contribution in [0.25, 0.3) is 16.5 Å².